The van der Waals surface area contributed by atoms with Crippen molar-refractivity contribution in [3.63, 3.8) is 0 Å². The highest BCUT2D eigenvalue weighted by Gasteiger charge is 2.37. The molecule has 0 radical (unpaired) electrons. The summed E-state index contributed by atoms with van der Waals surface area (Å²) in [7, 11) is 0. The summed E-state index contributed by atoms with van der Waals surface area (Å²) in [4.78, 5) is 21.9. The van der Waals surface area contributed by atoms with Gasteiger partial charge in [0.1, 0.15) is 6.61 Å². The third-order valence-electron chi connectivity index (χ3n) is 2.67. The molecule has 0 unspecified atom stereocenters. The number of primary amides is 1. The normalized spacial score (nSPS) is 13.9. The summed E-state index contributed by atoms with van der Waals surface area (Å²) in [5.41, 5.74) is 3.73. The number of carbonyl (C=O) groups is 2. The lowest BCUT2D eigenvalue weighted by Gasteiger charge is -2.13. The van der Waals surface area contributed by atoms with E-state index in [0.29, 0.717) is 0 Å². The highest BCUT2D eigenvalue weighted by molar-refractivity contribution is 5.99. The third kappa shape index (κ3) is 2.61. The molecule has 0 saturated carbocycles. The number of amides is 2. The molecule has 1 aromatic rings. The van der Waals surface area contributed by atoms with Crippen LogP contribution in [0.4, 0.5) is 18.0 Å². The van der Waals surface area contributed by atoms with Gasteiger partial charge in [-0.1, -0.05) is 0 Å². The molecule has 2 rings (SSSR count). The van der Waals surface area contributed by atoms with Crippen molar-refractivity contribution < 1.29 is 27.5 Å². The number of benzene rings is 1. The minimum absolute atomic E-state index is 0.0573. The first-order valence-corrected chi connectivity index (χ1v) is 5.22. The van der Waals surface area contributed by atoms with Gasteiger partial charge in [-0.2, -0.15) is 13.2 Å². The van der Waals surface area contributed by atoms with Crippen molar-refractivity contribution in [2.45, 2.75) is 19.3 Å². The van der Waals surface area contributed by atoms with Gasteiger partial charge < -0.3 is 15.8 Å². The van der Waals surface area contributed by atoms with E-state index < -0.39 is 30.3 Å². The number of hydrogen-bond donors (Lipinski definition) is 2. The molecule has 0 aliphatic carbocycles. The van der Waals surface area contributed by atoms with E-state index in [0.717, 1.165) is 6.07 Å². The van der Waals surface area contributed by atoms with Crippen LogP contribution >= 0.6 is 0 Å². The van der Waals surface area contributed by atoms with E-state index in [9.17, 15) is 22.8 Å². The van der Waals surface area contributed by atoms with E-state index >= 15 is 0 Å². The number of fused-ring (bicyclic) bond motifs is 1. The van der Waals surface area contributed by atoms with Crippen LogP contribution in [0.15, 0.2) is 12.1 Å². The first-order chi connectivity index (χ1) is 8.79. The maximum atomic E-state index is 12.9. The van der Waals surface area contributed by atoms with Crippen molar-refractivity contribution in [1.29, 1.82) is 0 Å². The number of alkyl halides is 3. The molecule has 1 aromatic carbocycles. The van der Waals surface area contributed by atoms with Crippen molar-refractivity contribution in [3.8, 4) is 0 Å². The van der Waals surface area contributed by atoms with Gasteiger partial charge in [-0.05, 0) is 23.3 Å². The Morgan fingerprint density at radius 3 is 2.68 bits per heavy atom. The number of hydrogen-bond acceptors (Lipinski definition) is 3. The molecule has 8 heteroatoms. The van der Waals surface area contributed by atoms with Crippen LogP contribution < -0.4 is 11.1 Å². The molecule has 5 nitrogen and oxygen atoms in total. The van der Waals surface area contributed by atoms with Gasteiger partial charge in [0.15, 0.2) is 0 Å². The lowest BCUT2D eigenvalue weighted by Crippen LogP contribution is -2.14. The Bertz CT molecular complexity index is 555. The van der Waals surface area contributed by atoms with Gasteiger partial charge in [-0.3, -0.25) is 4.79 Å². The van der Waals surface area contributed by atoms with E-state index in [1.807, 2.05) is 0 Å². The third-order valence-corrected chi connectivity index (χ3v) is 2.67. The molecule has 0 atom stereocenters. The van der Waals surface area contributed by atoms with Crippen LogP contribution in [0.25, 0.3) is 0 Å². The molecule has 102 valence electrons. The average Bonchev–Trinajstić information content (AvgIpc) is 2.66. The quantitative estimate of drug-likeness (QED) is 0.858. The zero-order valence-electron chi connectivity index (χ0n) is 9.50. The molecule has 1 aliphatic rings. The van der Waals surface area contributed by atoms with E-state index in [4.69, 9.17) is 5.73 Å². The van der Waals surface area contributed by atoms with Gasteiger partial charge in [0.25, 0.3) is 5.91 Å². The Balaban J connectivity index is 2.45. The first-order valence-electron chi connectivity index (χ1n) is 5.22. The van der Waals surface area contributed by atoms with Gasteiger partial charge >= 0.3 is 12.3 Å². The molecule has 1 aliphatic heterocycles. The molecule has 0 fully saturated rings. The highest BCUT2D eigenvalue weighted by Crippen LogP contribution is 2.36. The van der Waals surface area contributed by atoms with E-state index in [1.165, 1.54) is 6.07 Å². The van der Waals surface area contributed by atoms with E-state index in [1.54, 1.807) is 0 Å². The number of nitrogens with two attached hydrogens (primary N) is 1. The molecule has 19 heavy (non-hydrogen) atoms. The zero-order valence-corrected chi connectivity index (χ0v) is 9.50. The van der Waals surface area contributed by atoms with Crippen LogP contribution in [0.3, 0.4) is 0 Å². The Hall–Kier alpha value is -2.25. The maximum Gasteiger partial charge on any atom is 0.416 e. The second-order valence-corrected chi connectivity index (χ2v) is 3.96. The molecular formula is C11H9F3N2O3. The van der Waals surface area contributed by atoms with Crippen molar-refractivity contribution in [2.75, 3.05) is 0 Å². The minimum atomic E-state index is -4.58. The first kappa shape index (κ1) is 13.2. The summed E-state index contributed by atoms with van der Waals surface area (Å²) in [6, 6.07) is 2.11. The summed E-state index contributed by atoms with van der Waals surface area (Å²) >= 11 is 0. The van der Waals surface area contributed by atoms with Crippen LogP contribution in [0, 0.1) is 0 Å². The Labute approximate surface area is 105 Å². The van der Waals surface area contributed by atoms with Gasteiger partial charge in [0, 0.05) is 12.1 Å². The van der Waals surface area contributed by atoms with Crippen molar-refractivity contribution in [3.05, 3.63) is 34.4 Å². The zero-order chi connectivity index (χ0) is 14.2. The minimum Gasteiger partial charge on any atom is -0.445 e. The average molecular weight is 274 g/mol. The maximum absolute atomic E-state index is 12.9. The number of rotatable bonds is 2. The topological polar surface area (TPSA) is 81.4 Å². The molecule has 3 N–H and O–H groups in total. The summed E-state index contributed by atoms with van der Waals surface area (Å²) in [5.74, 6) is -0.582. The summed E-state index contributed by atoms with van der Waals surface area (Å²) in [6.45, 7) is -0.584. The molecule has 1 heterocycles. The lowest BCUT2D eigenvalue weighted by molar-refractivity contribution is -0.138. The van der Waals surface area contributed by atoms with Crippen LogP contribution in [0.5, 0.6) is 0 Å². The lowest BCUT2D eigenvalue weighted by atomic mass is 9.99. The Kier molecular flexibility index (Phi) is 3.09. The fourth-order valence-corrected chi connectivity index (χ4v) is 1.88. The van der Waals surface area contributed by atoms with Crippen LogP contribution in [-0.2, 0) is 24.1 Å². The Morgan fingerprint density at radius 2 is 2.11 bits per heavy atom. The molecule has 0 spiro atoms. The Morgan fingerprint density at radius 1 is 1.42 bits per heavy atom. The number of ether oxygens (including phenoxy) is 1. The fourth-order valence-electron chi connectivity index (χ4n) is 1.88. The fraction of sp³-hybridized carbons (Fsp3) is 0.273. The van der Waals surface area contributed by atoms with Gasteiger partial charge in [-0.25, -0.2) is 4.79 Å². The number of nitrogens with one attached hydrogen (secondary N) is 1. The summed E-state index contributed by atoms with van der Waals surface area (Å²) in [6.07, 6.45) is -5.68. The standard InChI is InChI=1S/C11H9F3N2O3/c12-11(13,14)8-2-5(4-19-10(15)18)1-6-7(8)3-16-9(6)17/h1-2H,3-4H2,(H2,15,18)(H,16,17). The number of carbonyl (C=O) groups excluding carboxylic acids is 2. The van der Waals surface area contributed by atoms with Crippen LogP contribution in [0.2, 0.25) is 0 Å². The monoisotopic (exact) mass is 274 g/mol. The van der Waals surface area contributed by atoms with E-state index in [-0.39, 0.29) is 23.2 Å². The van der Waals surface area contributed by atoms with Crippen molar-refractivity contribution in [1.82, 2.24) is 5.32 Å². The number of halogens is 3. The predicted octanol–water partition coefficient (Wildman–Crippen LogP) is 1.54. The largest absolute Gasteiger partial charge is 0.445 e. The second-order valence-electron chi connectivity index (χ2n) is 3.96. The van der Waals surface area contributed by atoms with Crippen LogP contribution in [-0.4, -0.2) is 12.0 Å². The molecule has 2 amide bonds. The molecule has 0 aromatic heterocycles. The van der Waals surface area contributed by atoms with Crippen molar-refractivity contribution >= 4 is 12.0 Å². The highest BCUT2D eigenvalue weighted by atomic mass is 19.4. The van der Waals surface area contributed by atoms with Gasteiger partial charge in [0.2, 0.25) is 0 Å². The van der Waals surface area contributed by atoms with E-state index in [2.05, 4.69) is 10.1 Å². The van der Waals surface area contributed by atoms with Gasteiger partial charge in [-0.15, -0.1) is 0 Å². The predicted molar refractivity (Wildman–Crippen MR) is 57.0 cm³/mol. The van der Waals surface area contributed by atoms with Crippen LogP contribution in [0.1, 0.15) is 27.0 Å². The van der Waals surface area contributed by atoms with Gasteiger partial charge in [0.05, 0.1) is 5.56 Å². The molecular weight excluding hydrogens is 265 g/mol. The molecule has 0 bridgehead atoms. The second kappa shape index (κ2) is 4.45. The van der Waals surface area contributed by atoms with Crippen molar-refractivity contribution in [2.24, 2.45) is 5.73 Å². The summed E-state index contributed by atoms with van der Waals surface area (Å²) < 4.78 is 43.1. The SMILES string of the molecule is NC(=O)OCc1cc2c(c(C(F)(F)F)c1)CNC2=O. The molecule has 0 saturated heterocycles. The smallest absolute Gasteiger partial charge is 0.416 e. The summed E-state index contributed by atoms with van der Waals surface area (Å²) in [5, 5.41) is 2.32.